The molecule has 0 bridgehead atoms. The van der Waals surface area contributed by atoms with Crippen LogP contribution in [0.15, 0.2) is 23.3 Å². The fourth-order valence-electron chi connectivity index (χ4n) is 1.86. The molecule has 1 aliphatic heterocycles. The number of hydrazone groups is 1. The molecule has 2 rings (SSSR count). The number of benzene rings is 1. The zero-order chi connectivity index (χ0) is 12.4. The first-order valence-electron chi connectivity index (χ1n) is 5.38. The maximum atomic E-state index is 9.09. The van der Waals surface area contributed by atoms with Crippen LogP contribution < -0.4 is 4.74 Å². The van der Waals surface area contributed by atoms with Crippen LogP contribution in [0.5, 0.6) is 5.75 Å². The molecule has 1 atom stereocenters. The second-order valence-electron chi connectivity index (χ2n) is 3.92. The Labute approximate surface area is 105 Å². The van der Waals surface area contributed by atoms with E-state index in [1.165, 1.54) is 5.56 Å². The van der Waals surface area contributed by atoms with E-state index < -0.39 is 0 Å². The maximum Gasteiger partial charge on any atom is 0.123 e. The molecule has 0 spiro atoms. The molecule has 1 heterocycles. The van der Waals surface area contributed by atoms with E-state index in [1.54, 1.807) is 18.9 Å². The van der Waals surface area contributed by atoms with Crippen molar-refractivity contribution in [3.8, 4) is 5.75 Å². The highest BCUT2D eigenvalue weighted by Gasteiger charge is 2.25. The van der Waals surface area contributed by atoms with Crippen molar-refractivity contribution in [3.63, 3.8) is 0 Å². The Kier molecular flexibility index (Phi) is 3.59. The second kappa shape index (κ2) is 4.98. The lowest BCUT2D eigenvalue weighted by Gasteiger charge is -2.19. The molecule has 0 amide bonds. The van der Waals surface area contributed by atoms with Gasteiger partial charge in [0.1, 0.15) is 16.2 Å². The van der Waals surface area contributed by atoms with E-state index in [4.69, 9.17) is 9.84 Å². The molecule has 1 aliphatic rings. The number of nitrogens with zero attached hydrogens (tertiary/aromatic N) is 2. The highest BCUT2D eigenvalue weighted by atomic mass is 32.2. The third kappa shape index (κ3) is 2.40. The van der Waals surface area contributed by atoms with Gasteiger partial charge in [0.15, 0.2) is 0 Å². The Morgan fingerprint density at radius 3 is 2.82 bits per heavy atom. The number of methoxy groups -OCH3 is 1. The van der Waals surface area contributed by atoms with E-state index in [1.807, 2.05) is 31.1 Å². The minimum atomic E-state index is 0.000638. The van der Waals surface area contributed by atoms with Crippen LogP contribution in [0.4, 0.5) is 0 Å². The van der Waals surface area contributed by atoms with E-state index in [2.05, 4.69) is 11.2 Å². The van der Waals surface area contributed by atoms with Gasteiger partial charge in [0, 0.05) is 7.05 Å². The van der Waals surface area contributed by atoms with Crippen molar-refractivity contribution in [3.05, 3.63) is 29.3 Å². The van der Waals surface area contributed by atoms with Gasteiger partial charge in [-0.2, -0.15) is 5.10 Å². The van der Waals surface area contributed by atoms with Crippen molar-refractivity contribution in [1.29, 1.82) is 0 Å². The average molecular weight is 252 g/mol. The maximum absolute atomic E-state index is 9.09. The van der Waals surface area contributed by atoms with E-state index >= 15 is 0 Å². The molecule has 0 radical (unpaired) electrons. The van der Waals surface area contributed by atoms with Crippen LogP contribution >= 0.6 is 11.8 Å². The summed E-state index contributed by atoms with van der Waals surface area (Å²) in [6.07, 6.45) is 0. The quantitative estimate of drug-likeness (QED) is 0.893. The number of aliphatic hydroxyl groups is 1. The topological polar surface area (TPSA) is 45.1 Å². The summed E-state index contributed by atoms with van der Waals surface area (Å²) in [5, 5.41) is 16.1. The molecular formula is C12H16N2O2S. The van der Waals surface area contributed by atoms with Crippen LogP contribution in [0.2, 0.25) is 0 Å². The van der Waals surface area contributed by atoms with Gasteiger partial charge in [-0.25, -0.2) is 0 Å². The first-order chi connectivity index (χ1) is 8.15. The Bertz CT molecular complexity index is 448. The molecule has 92 valence electrons. The Balaban J connectivity index is 2.22. The zero-order valence-electron chi connectivity index (χ0n) is 10.2. The van der Waals surface area contributed by atoms with Crippen molar-refractivity contribution in [2.45, 2.75) is 12.3 Å². The lowest BCUT2D eigenvalue weighted by molar-refractivity contribution is 0.334. The minimum Gasteiger partial charge on any atom is -0.496 e. The fourth-order valence-corrected chi connectivity index (χ4v) is 2.86. The van der Waals surface area contributed by atoms with E-state index in [0.29, 0.717) is 0 Å². The number of aliphatic hydroxyl groups excluding tert-OH is 1. The lowest BCUT2D eigenvalue weighted by atomic mass is 10.1. The van der Waals surface area contributed by atoms with Crippen LogP contribution in [0.1, 0.15) is 16.5 Å². The van der Waals surface area contributed by atoms with Gasteiger partial charge in [-0.05, 0) is 30.2 Å². The summed E-state index contributed by atoms with van der Waals surface area (Å²) < 4.78 is 5.24. The summed E-state index contributed by atoms with van der Waals surface area (Å²) in [4.78, 5) is 0. The highest BCUT2D eigenvalue weighted by Crippen LogP contribution is 2.39. The fraction of sp³-hybridized carbons (Fsp3) is 0.417. The molecule has 1 aromatic rings. The van der Waals surface area contributed by atoms with Gasteiger partial charge in [0.05, 0.1) is 13.7 Å². The molecule has 1 unspecified atom stereocenters. The molecule has 5 heteroatoms. The van der Waals surface area contributed by atoms with Crippen molar-refractivity contribution >= 4 is 16.8 Å². The smallest absolute Gasteiger partial charge is 0.123 e. The largest absolute Gasteiger partial charge is 0.496 e. The monoisotopic (exact) mass is 252 g/mol. The molecule has 0 saturated carbocycles. The summed E-state index contributed by atoms with van der Waals surface area (Å²) in [7, 11) is 3.59. The second-order valence-corrected chi connectivity index (χ2v) is 5.08. The first-order valence-corrected chi connectivity index (χ1v) is 6.26. The Hall–Kier alpha value is -1.20. The van der Waals surface area contributed by atoms with Crippen LogP contribution in [0, 0.1) is 6.92 Å². The predicted octanol–water partition coefficient (Wildman–Crippen LogP) is 1.99. The van der Waals surface area contributed by atoms with Crippen LogP contribution in [-0.4, -0.2) is 35.9 Å². The molecule has 0 fully saturated rings. The number of thioether (sulfide) groups is 1. The standard InChI is InChI=1S/C12H16N2O2S/c1-8-6-9(4-5-10(8)16-3)12-14(2)13-11(7-15)17-12/h4-6,12,15H,7H2,1-3H3. The molecule has 1 aromatic carbocycles. The molecule has 0 saturated heterocycles. The molecular weight excluding hydrogens is 236 g/mol. The van der Waals surface area contributed by atoms with Gasteiger partial charge in [-0.1, -0.05) is 17.8 Å². The third-order valence-electron chi connectivity index (χ3n) is 2.70. The number of aryl methyl sites for hydroxylation is 1. The average Bonchev–Trinajstić information content (AvgIpc) is 2.70. The van der Waals surface area contributed by atoms with E-state index in [-0.39, 0.29) is 12.0 Å². The molecule has 1 N–H and O–H groups in total. The normalized spacial score (nSPS) is 19.4. The molecule has 17 heavy (non-hydrogen) atoms. The molecule has 0 aromatic heterocycles. The van der Waals surface area contributed by atoms with E-state index in [9.17, 15) is 0 Å². The van der Waals surface area contributed by atoms with Gasteiger partial charge in [0.25, 0.3) is 0 Å². The van der Waals surface area contributed by atoms with Crippen LogP contribution in [0.25, 0.3) is 0 Å². The van der Waals surface area contributed by atoms with Crippen molar-refractivity contribution in [1.82, 2.24) is 5.01 Å². The summed E-state index contributed by atoms with van der Waals surface area (Å²) in [6, 6.07) is 6.11. The highest BCUT2D eigenvalue weighted by molar-refractivity contribution is 8.14. The van der Waals surface area contributed by atoms with Crippen LogP contribution in [-0.2, 0) is 0 Å². The predicted molar refractivity (Wildman–Crippen MR) is 70.3 cm³/mol. The number of ether oxygens (including phenoxy) is 1. The third-order valence-corrected chi connectivity index (χ3v) is 3.98. The Morgan fingerprint density at radius 1 is 1.53 bits per heavy atom. The zero-order valence-corrected chi connectivity index (χ0v) is 11.0. The van der Waals surface area contributed by atoms with Crippen molar-refractivity contribution in [2.24, 2.45) is 5.10 Å². The molecule has 4 nitrogen and oxygen atoms in total. The van der Waals surface area contributed by atoms with Gasteiger partial charge < -0.3 is 9.84 Å². The van der Waals surface area contributed by atoms with Gasteiger partial charge in [0.2, 0.25) is 0 Å². The number of hydrogen-bond donors (Lipinski definition) is 1. The number of hydrogen-bond acceptors (Lipinski definition) is 5. The minimum absolute atomic E-state index is 0.000638. The summed E-state index contributed by atoms with van der Waals surface area (Å²) in [5.74, 6) is 0.891. The first kappa shape index (κ1) is 12.3. The summed E-state index contributed by atoms with van der Waals surface area (Å²) in [5.41, 5.74) is 2.28. The Morgan fingerprint density at radius 2 is 2.29 bits per heavy atom. The van der Waals surface area contributed by atoms with Crippen LogP contribution in [0.3, 0.4) is 0 Å². The van der Waals surface area contributed by atoms with Crippen molar-refractivity contribution < 1.29 is 9.84 Å². The summed E-state index contributed by atoms with van der Waals surface area (Å²) >= 11 is 1.58. The SMILES string of the molecule is COc1ccc(C2SC(CO)=NN2C)cc1C. The molecule has 0 aliphatic carbocycles. The summed E-state index contributed by atoms with van der Waals surface area (Å²) in [6.45, 7) is 2.02. The van der Waals surface area contributed by atoms with Gasteiger partial charge in [-0.15, -0.1) is 0 Å². The van der Waals surface area contributed by atoms with Gasteiger partial charge in [-0.3, -0.25) is 5.01 Å². The van der Waals surface area contributed by atoms with Crippen molar-refractivity contribution in [2.75, 3.05) is 20.8 Å². The van der Waals surface area contributed by atoms with Gasteiger partial charge >= 0.3 is 0 Å². The lowest BCUT2D eigenvalue weighted by Crippen LogP contribution is -2.11. The number of rotatable bonds is 3. The van der Waals surface area contributed by atoms with E-state index in [0.717, 1.165) is 16.4 Å².